The summed E-state index contributed by atoms with van der Waals surface area (Å²) in [4.78, 5) is 7.77. The first-order valence-corrected chi connectivity index (χ1v) is 5.97. The van der Waals surface area contributed by atoms with Gasteiger partial charge < -0.3 is 14.3 Å². The van der Waals surface area contributed by atoms with Crippen LogP contribution in [-0.4, -0.2) is 19.2 Å². The van der Waals surface area contributed by atoms with Crippen LogP contribution in [-0.2, 0) is 0 Å². The van der Waals surface area contributed by atoms with Gasteiger partial charge in [0.25, 0.3) is 0 Å². The minimum atomic E-state index is -0.423. The lowest BCUT2D eigenvalue weighted by atomic mass is 9.98. The van der Waals surface area contributed by atoms with Gasteiger partial charge in [-0.2, -0.15) is 5.26 Å². The number of nitriles is 1. The molecule has 100 valence electrons. The highest BCUT2D eigenvalue weighted by atomic mass is 16.5. The first-order valence-electron chi connectivity index (χ1n) is 5.97. The zero-order valence-electron chi connectivity index (χ0n) is 11.5. The zero-order chi connectivity index (χ0) is 14.7. The number of benzene rings is 1. The Morgan fingerprint density at radius 3 is 2.50 bits per heavy atom. The summed E-state index contributed by atoms with van der Waals surface area (Å²) in [6.45, 7) is 8.97. The normalized spacial score (nSPS) is 11.4. The van der Waals surface area contributed by atoms with Crippen molar-refractivity contribution >= 4 is 10.9 Å². The monoisotopic (exact) mass is 267 g/mol. The molecule has 0 saturated carbocycles. The van der Waals surface area contributed by atoms with Crippen LogP contribution >= 0.6 is 0 Å². The van der Waals surface area contributed by atoms with Crippen molar-refractivity contribution in [1.82, 2.24) is 4.98 Å². The molecule has 0 aliphatic rings. The maximum Gasteiger partial charge on any atom is 0.247 e. The Hall–Kier alpha value is -2.79. The molecule has 0 radical (unpaired) electrons. The molecule has 2 aromatic rings. The van der Waals surface area contributed by atoms with Gasteiger partial charge in [0.05, 0.1) is 30.9 Å². The Kier molecular flexibility index (Phi) is 3.72. The summed E-state index contributed by atoms with van der Waals surface area (Å²) in [5.41, 5.74) is 1.76. The second kappa shape index (κ2) is 5.46. The van der Waals surface area contributed by atoms with E-state index in [0.29, 0.717) is 28.1 Å². The molecule has 1 aromatic heterocycles. The first kappa shape index (κ1) is 13.6. The molecular formula is C15H13N3O2. The van der Waals surface area contributed by atoms with Crippen LogP contribution in [0.25, 0.3) is 15.7 Å². The van der Waals surface area contributed by atoms with Crippen molar-refractivity contribution in [3.05, 3.63) is 40.9 Å². The van der Waals surface area contributed by atoms with E-state index in [1.54, 1.807) is 33.3 Å². The highest BCUT2D eigenvalue weighted by Crippen LogP contribution is 2.36. The molecule has 5 nitrogen and oxygen atoms in total. The topological polar surface area (TPSA) is 59.5 Å². The molecule has 0 aliphatic carbocycles. The van der Waals surface area contributed by atoms with E-state index in [4.69, 9.17) is 16.0 Å². The lowest BCUT2D eigenvalue weighted by Gasteiger charge is -2.12. The Balaban J connectivity index is 2.87. The average molecular weight is 267 g/mol. The maximum absolute atomic E-state index is 9.20. The molecule has 0 amide bonds. The van der Waals surface area contributed by atoms with Crippen LogP contribution < -0.4 is 9.47 Å². The third-order valence-electron chi connectivity index (χ3n) is 3.15. The summed E-state index contributed by atoms with van der Waals surface area (Å²) in [5, 5.41) is 9.94. The number of ether oxygens (including phenoxy) is 2. The minimum Gasteiger partial charge on any atom is -0.493 e. The van der Waals surface area contributed by atoms with Gasteiger partial charge in [-0.05, 0) is 6.07 Å². The largest absolute Gasteiger partial charge is 0.493 e. The molecule has 1 aromatic carbocycles. The smallest absolute Gasteiger partial charge is 0.247 e. The molecule has 5 heteroatoms. The van der Waals surface area contributed by atoms with Crippen molar-refractivity contribution in [2.24, 2.45) is 0 Å². The molecule has 0 saturated heterocycles. The minimum absolute atomic E-state index is 0.410. The van der Waals surface area contributed by atoms with Crippen molar-refractivity contribution < 1.29 is 9.47 Å². The predicted molar refractivity (Wildman–Crippen MR) is 74.6 cm³/mol. The number of nitrogens with zero attached hydrogens (tertiary/aromatic N) is 3. The third-order valence-corrected chi connectivity index (χ3v) is 3.15. The summed E-state index contributed by atoms with van der Waals surface area (Å²) in [6.07, 6.45) is 1.49. The summed E-state index contributed by atoms with van der Waals surface area (Å²) >= 11 is 0. The van der Waals surface area contributed by atoms with E-state index >= 15 is 0 Å². The standard InChI is InChI=1S/C15H13N3O2/c1-9(17-2)15-10(7-16)8-18-12-6-14(20-4)13(19-3)5-11(12)15/h5-6,8-9H,1,3-4H3. The fourth-order valence-corrected chi connectivity index (χ4v) is 2.14. The van der Waals surface area contributed by atoms with Crippen molar-refractivity contribution in [3.63, 3.8) is 0 Å². The van der Waals surface area contributed by atoms with Gasteiger partial charge in [-0.3, -0.25) is 4.98 Å². The molecule has 2 rings (SSSR count). The molecule has 1 unspecified atom stereocenters. The zero-order valence-corrected chi connectivity index (χ0v) is 11.5. The van der Waals surface area contributed by atoms with Gasteiger partial charge in [0.2, 0.25) is 6.04 Å². The van der Waals surface area contributed by atoms with Crippen molar-refractivity contribution in [1.29, 1.82) is 5.26 Å². The van der Waals surface area contributed by atoms with Crippen LogP contribution in [0.3, 0.4) is 0 Å². The van der Waals surface area contributed by atoms with Gasteiger partial charge in [0, 0.05) is 24.6 Å². The summed E-state index contributed by atoms with van der Waals surface area (Å²) in [5.74, 6) is 1.12. The Labute approximate surface area is 117 Å². The van der Waals surface area contributed by atoms with Crippen LogP contribution in [0, 0.1) is 17.9 Å². The van der Waals surface area contributed by atoms with Crippen LogP contribution in [0.4, 0.5) is 0 Å². The first-order chi connectivity index (χ1) is 9.65. The number of hydrogen-bond acceptors (Lipinski definition) is 4. The lowest BCUT2D eigenvalue weighted by Crippen LogP contribution is -1.98. The summed E-state index contributed by atoms with van der Waals surface area (Å²) < 4.78 is 10.5. The Morgan fingerprint density at radius 2 is 1.95 bits per heavy atom. The molecule has 0 bridgehead atoms. The van der Waals surface area contributed by atoms with Gasteiger partial charge in [0.15, 0.2) is 11.5 Å². The van der Waals surface area contributed by atoms with E-state index in [9.17, 15) is 5.26 Å². The van der Waals surface area contributed by atoms with Crippen molar-refractivity contribution in [2.75, 3.05) is 14.2 Å². The van der Waals surface area contributed by atoms with Gasteiger partial charge in [-0.15, -0.1) is 0 Å². The average Bonchev–Trinajstić information content (AvgIpc) is 2.51. The van der Waals surface area contributed by atoms with Crippen LogP contribution in [0.2, 0.25) is 0 Å². The predicted octanol–water partition coefficient (Wildman–Crippen LogP) is 3.10. The molecule has 0 N–H and O–H groups in total. The number of aromatic nitrogens is 1. The number of pyridine rings is 1. The van der Waals surface area contributed by atoms with E-state index in [1.165, 1.54) is 6.20 Å². The second-order valence-electron chi connectivity index (χ2n) is 4.23. The second-order valence-corrected chi connectivity index (χ2v) is 4.23. The maximum atomic E-state index is 9.20. The molecule has 20 heavy (non-hydrogen) atoms. The summed E-state index contributed by atoms with van der Waals surface area (Å²) in [7, 11) is 3.10. The molecule has 0 aliphatic heterocycles. The molecule has 0 fully saturated rings. The number of fused-ring (bicyclic) bond motifs is 1. The lowest BCUT2D eigenvalue weighted by molar-refractivity contribution is 0.355. The van der Waals surface area contributed by atoms with E-state index in [0.717, 1.165) is 5.39 Å². The number of rotatable bonds is 3. The fourth-order valence-electron chi connectivity index (χ4n) is 2.14. The van der Waals surface area contributed by atoms with Crippen LogP contribution in [0.5, 0.6) is 11.5 Å². The highest BCUT2D eigenvalue weighted by Gasteiger charge is 2.20. The Bertz CT molecular complexity index is 741. The van der Waals surface area contributed by atoms with Gasteiger partial charge in [-0.1, -0.05) is 0 Å². The fraction of sp³-hybridized carbons (Fsp3) is 0.267. The van der Waals surface area contributed by atoms with Crippen LogP contribution in [0.15, 0.2) is 18.3 Å². The molecule has 1 heterocycles. The van der Waals surface area contributed by atoms with E-state index in [1.807, 2.05) is 0 Å². The number of hydrogen-bond donors (Lipinski definition) is 0. The number of methoxy groups -OCH3 is 2. The molecule has 1 atom stereocenters. The quantitative estimate of drug-likeness (QED) is 0.802. The highest BCUT2D eigenvalue weighted by molar-refractivity contribution is 5.88. The SMILES string of the molecule is [C-]#[N+]C(C)c1c(C#N)cnc2cc(OC)c(OC)cc12. The van der Waals surface area contributed by atoms with Gasteiger partial charge in [-0.25, -0.2) is 6.57 Å². The van der Waals surface area contributed by atoms with Crippen molar-refractivity contribution in [2.45, 2.75) is 13.0 Å². The third kappa shape index (κ3) is 2.10. The summed E-state index contributed by atoms with van der Waals surface area (Å²) in [6, 6.07) is 5.18. The molecule has 0 spiro atoms. The van der Waals surface area contributed by atoms with Gasteiger partial charge >= 0.3 is 0 Å². The van der Waals surface area contributed by atoms with E-state index < -0.39 is 6.04 Å². The van der Waals surface area contributed by atoms with E-state index in [2.05, 4.69) is 15.9 Å². The van der Waals surface area contributed by atoms with E-state index in [-0.39, 0.29) is 0 Å². The molecular weight excluding hydrogens is 254 g/mol. The van der Waals surface area contributed by atoms with Crippen molar-refractivity contribution in [3.8, 4) is 17.6 Å². The van der Waals surface area contributed by atoms with Crippen LogP contribution in [0.1, 0.15) is 24.1 Å². The Morgan fingerprint density at radius 1 is 1.30 bits per heavy atom. The van der Waals surface area contributed by atoms with Gasteiger partial charge in [0.1, 0.15) is 6.07 Å².